The van der Waals surface area contributed by atoms with Crippen LogP contribution in [0.5, 0.6) is 0 Å². The van der Waals surface area contributed by atoms with Gasteiger partial charge >= 0.3 is 5.97 Å². The molecule has 0 aliphatic rings. The minimum absolute atomic E-state index is 0.0470. The third kappa shape index (κ3) is 3.95. The Kier molecular flexibility index (Phi) is 4.87. The van der Waals surface area contributed by atoms with Crippen LogP contribution in [0.25, 0.3) is 0 Å². The molecule has 0 saturated heterocycles. The van der Waals surface area contributed by atoms with Gasteiger partial charge in [0.25, 0.3) is 5.91 Å². The van der Waals surface area contributed by atoms with E-state index in [1.165, 1.54) is 11.3 Å². The summed E-state index contributed by atoms with van der Waals surface area (Å²) in [5.41, 5.74) is 5.70. The van der Waals surface area contributed by atoms with E-state index in [4.69, 9.17) is 10.8 Å². The molecule has 1 heterocycles. The summed E-state index contributed by atoms with van der Waals surface area (Å²) in [5.74, 6) is -1.16. The summed E-state index contributed by atoms with van der Waals surface area (Å²) in [4.78, 5) is 25.7. The van der Waals surface area contributed by atoms with Crippen molar-refractivity contribution in [2.24, 2.45) is 5.73 Å². The molecule has 0 bridgehead atoms. The molecule has 4 N–H and O–H groups in total. The molecule has 1 aromatic heterocycles. The van der Waals surface area contributed by atoms with Crippen molar-refractivity contribution >= 4 is 23.2 Å². The first-order valence-electron chi connectivity index (χ1n) is 4.78. The monoisotopic (exact) mass is 243 g/mol. The van der Waals surface area contributed by atoms with Crippen LogP contribution in [0.1, 0.15) is 28.3 Å². The van der Waals surface area contributed by atoms with Gasteiger partial charge in [0, 0.05) is 24.9 Å². The van der Waals surface area contributed by atoms with Crippen LogP contribution < -0.4 is 11.1 Å². The lowest BCUT2D eigenvalue weighted by atomic mass is 10.3. The number of carboxylic acid groups (broad SMARTS) is 1. The first-order valence-corrected chi connectivity index (χ1v) is 5.66. The molecule has 0 aromatic carbocycles. The maximum atomic E-state index is 11.5. The van der Waals surface area contributed by atoms with Crippen LogP contribution in [0.3, 0.4) is 0 Å². The Hall–Kier alpha value is -1.47. The van der Waals surface area contributed by atoms with Crippen LogP contribution in [-0.4, -0.2) is 28.5 Å². The Morgan fingerprint density at radius 1 is 1.56 bits per heavy atom. The van der Waals surface area contributed by atoms with Crippen LogP contribution in [0.15, 0.2) is 5.38 Å². The highest BCUT2D eigenvalue weighted by molar-refractivity contribution is 7.09. The Labute approximate surface area is 96.5 Å². The fourth-order valence-corrected chi connectivity index (χ4v) is 1.70. The number of carbonyl (C=O) groups is 2. The summed E-state index contributed by atoms with van der Waals surface area (Å²) >= 11 is 1.33. The van der Waals surface area contributed by atoms with Crippen LogP contribution >= 0.6 is 11.3 Å². The van der Waals surface area contributed by atoms with Crippen molar-refractivity contribution in [1.29, 1.82) is 0 Å². The Bertz CT molecular complexity index is 378. The lowest BCUT2D eigenvalue weighted by Crippen LogP contribution is -2.25. The van der Waals surface area contributed by atoms with Gasteiger partial charge in [0.2, 0.25) is 0 Å². The van der Waals surface area contributed by atoms with Crippen molar-refractivity contribution in [3.05, 3.63) is 16.1 Å². The molecular formula is C9H13N3O3S. The van der Waals surface area contributed by atoms with E-state index >= 15 is 0 Å². The standard InChI is InChI=1S/C9H13N3O3S/c10-4-7-12-6(5-16-7)9(15)11-3-1-2-8(13)14/h5H,1-4,10H2,(H,11,15)(H,13,14). The molecule has 0 aliphatic heterocycles. The van der Waals surface area contributed by atoms with Crippen molar-refractivity contribution < 1.29 is 14.7 Å². The number of amides is 1. The number of nitrogens with two attached hydrogens (primary N) is 1. The molecule has 0 fully saturated rings. The number of hydrogen-bond donors (Lipinski definition) is 3. The van der Waals surface area contributed by atoms with Gasteiger partial charge < -0.3 is 16.2 Å². The highest BCUT2D eigenvalue weighted by Crippen LogP contribution is 2.08. The number of nitrogens with zero attached hydrogens (tertiary/aromatic N) is 1. The summed E-state index contributed by atoms with van der Waals surface area (Å²) in [7, 11) is 0. The van der Waals surface area contributed by atoms with Gasteiger partial charge in [-0.1, -0.05) is 0 Å². The van der Waals surface area contributed by atoms with Crippen LogP contribution in [0.2, 0.25) is 0 Å². The number of rotatable bonds is 6. The number of carboxylic acids is 1. The SMILES string of the molecule is NCc1nc(C(=O)NCCCC(=O)O)cs1. The average molecular weight is 243 g/mol. The lowest BCUT2D eigenvalue weighted by molar-refractivity contribution is -0.137. The lowest BCUT2D eigenvalue weighted by Gasteiger charge is -2.00. The Morgan fingerprint density at radius 2 is 2.31 bits per heavy atom. The van der Waals surface area contributed by atoms with Gasteiger partial charge in [0.1, 0.15) is 10.7 Å². The second-order valence-corrected chi connectivity index (χ2v) is 4.03. The van der Waals surface area contributed by atoms with Crippen molar-refractivity contribution in [3.63, 3.8) is 0 Å². The molecule has 6 nitrogen and oxygen atoms in total. The van der Waals surface area contributed by atoms with E-state index in [9.17, 15) is 9.59 Å². The molecular weight excluding hydrogens is 230 g/mol. The van der Waals surface area contributed by atoms with Crippen LogP contribution in [0, 0.1) is 0 Å². The van der Waals surface area contributed by atoms with E-state index < -0.39 is 5.97 Å². The quantitative estimate of drug-likeness (QED) is 0.619. The predicted octanol–water partition coefficient (Wildman–Crippen LogP) is 0.196. The largest absolute Gasteiger partial charge is 0.481 e. The van der Waals surface area contributed by atoms with E-state index in [2.05, 4.69) is 10.3 Å². The number of aromatic nitrogens is 1. The number of nitrogens with one attached hydrogen (secondary N) is 1. The number of aliphatic carboxylic acids is 1. The van der Waals surface area contributed by atoms with E-state index in [-0.39, 0.29) is 12.3 Å². The van der Waals surface area contributed by atoms with Crippen LogP contribution in [-0.2, 0) is 11.3 Å². The molecule has 1 amide bonds. The Morgan fingerprint density at radius 3 is 2.88 bits per heavy atom. The van der Waals surface area contributed by atoms with Crippen molar-refractivity contribution in [2.45, 2.75) is 19.4 Å². The molecule has 16 heavy (non-hydrogen) atoms. The molecule has 0 unspecified atom stereocenters. The fraction of sp³-hybridized carbons (Fsp3) is 0.444. The van der Waals surface area contributed by atoms with Gasteiger partial charge in [-0.15, -0.1) is 11.3 Å². The highest BCUT2D eigenvalue weighted by Gasteiger charge is 2.09. The number of carbonyl (C=O) groups excluding carboxylic acids is 1. The molecule has 0 atom stereocenters. The maximum absolute atomic E-state index is 11.5. The maximum Gasteiger partial charge on any atom is 0.303 e. The molecule has 7 heteroatoms. The van der Waals surface area contributed by atoms with Gasteiger partial charge in [-0.3, -0.25) is 9.59 Å². The molecule has 88 valence electrons. The first kappa shape index (κ1) is 12.6. The molecule has 0 saturated carbocycles. The normalized spacial score (nSPS) is 10.1. The van der Waals surface area contributed by atoms with Crippen molar-refractivity contribution in [1.82, 2.24) is 10.3 Å². The molecule has 1 rings (SSSR count). The number of thiazole rings is 1. The minimum Gasteiger partial charge on any atom is -0.481 e. The van der Waals surface area contributed by atoms with Crippen molar-refractivity contribution in [2.75, 3.05) is 6.54 Å². The third-order valence-corrected chi connectivity index (χ3v) is 2.68. The van der Waals surface area contributed by atoms with E-state index in [1.807, 2.05) is 0 Å². The van der Waals surface area contributed by atoms with E-state index in [1.54, 1.807) is 5.38 Å². The van der Waals surface area contributed by atoms with Crippen molar-refractivity contribution in [3.8, 4) is 0 Å². The van der Waals surface area contributed by atoms with Gasteiger partial charge in [0.05, 0.1) is 0 Å². The molecule has 1 aromatic rings. The van der Waals surface area contributed by atoms with Gasteiger partial charge in [-0.2, -0.15) is 0 Å². The first-order chi connectivity index (χ1) is 7.63. The fourth-order valence-electron chi connectivity index (χ4n) is 1.04. The molecule has 0 radical (unpaired) electrons. The topological polar surface area (TPSA) is 105 Å². The number of hydrogen-bond acceptors (Lipinski definition) is 5. The predicted molar refractivity (Wildman–Crippen MR) is 59.2 cm³/mol. The zero-order valence-electron chi connectivity index (χ0n) is 8.60. The van der Waals surface area contributed by atoms with Gasteiger partial charge in [0.15, 0.2) is 0 Å². The summed E-state index contributed by atoms with van der Waals surface area (Å²) in [6.07, 6.45) is 0.459. The van der Waals surface area contributed by atoms with Gasteiger partial charge in [-0.05, 0) is 6.42 Å². The minimum atomic E-state index is -0.867. The Balaban J connectivity index is 2.32. The second kappa shape index (κ2) is 6.19. The third-order valence-electron chi connectivity index (χ3n) is 1.81. The zero-order valence-corrected chi connectivity index (χ0v) is 9.42. The molecule has 0 spiro atoms. The summed E-state index contributed by atoms with van der Waals surface area (Å²) < 4.78 is 0. The van der Waals surface area contributed by atoms with E-state index in [0.717, 1.165) is 0 Å². The van der Waals surface area contributed by atoms with Gasteiger partial charge in [-0.25, -0.2) is 4.98 Å². The summed E-state index contributed by atoms with van der Waals surface area (Å²) in [6, 6.07) is 0. The average Bonchev–Trinajstić information content (AvgIpc) is 2.72. The van der Waals surface area contributed by atoms with E-state index in [0.29, 0.717) is 30.2 Å². The second-order valence-electron chi connectivity index (χ2n) is 3.08. The van der Waals surface area contributed by atoms with Crippen LogP contribution in [0.4, 0.5) is 0 Å². The zero-order chi connectivity index (χ0) is 12.0. The molecule has 0 aliphatic carbocycles. The summed E-state index contributed by atoms with van der Waals surface area (Å²) in [6.45, 7) is 0.650. The summed E-state index contributed by atoms with van der Waals surface area (Å²) in [5, 5.41) is 13.3. The smallest absolute Gasteiger partial charge is 0.303 e. The highest BCUT2D eigenvalue weighted by atomic mass is 32.1.